The fraction of sp³-hybridized carbons (Fsp3) is 0.935. The van der Waals surface area contributed by atoms with Crippen LogP contribution in [0.5, 0.6) is 0 Å². The van der Waals surface area contributed by atoms with E-state index in [0.717, 1.165) is 64.2 Å². The molecule has 0 saturated carbocycles. The molecule has 0 amide bonds. The Morgan fingerprint density at radius 2 is 0.519 bits per heavy atom. The number of carbonyl (C=O) groups is 3. The maximum atomic E-state index is 12.7. The van der Waals surface area contributed by atoms with Gasteiger partial charge in [-0.2, -0.15) is 0 Å². The van der Waals surface area contributed by atoms with Gasteiger partial charge in [-0.1, -0.05) is 220 Å². The van der Waals surface area contributed by atoms with Crippen molar-refractivity contribution in [2.75, 3.05) is 13.2 Å². The van der Waals surface area contributed by atoms with E-state index in [0.29, 0.717) is 19.3 Å². The molecule has 1 atom stereocenters. The van der Waals surface area contributed by atoms with E-state index in [1.165, 1.54) is 154 Å². The van der Waals surface area contributed by atoms with Gasteiger partial charge in [-0.25, -0.2) is 0 Å². The molecule has 0 fully saturated rings. The number of esters is 3. The Morgan fingerprint density at radius 1 is 0.308 bits per heavy atom. The lowest BCUT2D eigenvalue weighted by Crippen LogP contribution is -2.30. The summed E-state index contributed by atoms with van der Waals surface area (Å²) in [5.74, 6) is -0.865. The monoisotopic (exact) mass is 737 g/mol. The number of carbonyl (C=O) groups excluding carboxylic acids is 3. The Bertz CT molecular complexity index is 768. The second-order valence-electron chi connectivity index (χ2n) is 15.7. The van der Waals surface area contributed by atoms with Crippen molar-refractivity contribution in [1.82, 2.24) is 0 Å². The van der Waals surface area contributed by atoms with Crippen molar-refractivity contribution in [3.05, 3.63) is 0 Å². The van der Waals surface area contributed by atoms with Gasteiger partial charge < -0.3 is 14.2 Å². The molecule has 0 aliphatic rings. The zero-order valence-corrected chi connectivity index (χ0v) is 35.1. The predicted molar refractivity (Wildman–Crippen MR) is 220 cm³/mol. The van der Waals surface area contributed by atoms with Gasteiger partial charge in [0.2, 0.25) is 0 Å². The van der Waals surface area contributed by atoms with Crippen molar-refractivity contribution in [3.63, 3.8) is 0 Å². The summed E-state index contributed by atoms with van der Waals surface area (Å²) in [7, 11) is 0. The van der Waals surface area contributed by atoms with Gasteiger partial charge in [-0.05, 0) is 19.3 Å². The van der Waals surface area contributed by atoms with Crippen molar-refractivity contribution in [1.29, 1.82) is 0 Å². The van der Waals surface area contributed by atoms with E-state index in [1.807, 2.05) is 0 Å². The Balaban J connectivity index is 4.15. The molecule has 0 aliphatic heterocycles. The van der Waals surface area contributed by atoms with Gasteiger partial charge in [0.05, 0.1) is 0 Å². The van der Waals surface area contributed by atoms with Crippen molar-refractivity contribution in [2.45, 2.75) is 264 Å². The molecule has 308 valence electrons. The lowest BCUT2D eigenvalue weighted by Gasteiger charge is -2.18. The lowest BCUT2D eigenvalue weighted by atomic mass is 10.0. The van der Waals surface area contributed by atoms with Gasteiger partial charge in [0.25, 0.3) is 0 Å². The molecule has 0 bridgehead atoms. The fourth-order valence-electron chi connectivity index (χ4n) is 6.85. The van der Waals surface area contributed by atoms with Gasteiger partial charge in [0, 0.05) is 19.3 Å². The maximum Gasteiger partial charge on any atom is 0.306 e. The van der Waals surface area contributed by atoms with Crippen molar-refractivity contribution in [3.8, 4) is 0 Å². The quantitative estimate of drug-likeness (QED) is 0.0353. The average Bonchev–Trinajstić information content (AvgIpc) is 3.14. The summed E-state index contributed by atoms with van der Waals surface area (Å²) >= 11 is 0. The standard InChI is InChI=1S/C46H88O6/c1-4-7-10-13-15-17-19-21-22-23-25-26-28-30-33-36-39-45(48)51-42-43(41-50-44(47)38-35-32-12-9-6-3)52-46(49)40-37-34-31-29-27-24-20-18-16-14-11-8-5-2/h43H,4-42H2,1-3H3/t43-/m0/s1. The van der Waals surface area contributed by atoms with Gasteiger partial charge in [-0.3, -0.25) is 14.4 Å². The van der Waals surface area contributed by atoms with Crippen LogP contribution in [0.3, 0.4) is 0 Å². The van der Waals surface area contributed by atoms with Crippen LogP contribution in [0.25, 0.3) is 0 Å². The summed E-state index contributed by atoms with van der Waals surface area (Å²) < 4.78 is 16.6. The van der Waals surface area contributed by atoms with Crippen LogP contribution in [0.15, 0.2) is 0 Å². The number of ether oxygens (including phenoxy) is 3. The van der Waals surface area contributed by atoms with Crippen LogP contribution in [0.1, 0.15) is 258 Å². The Kier molecular flexibility index (Phi) is 40.9. The van der Waals surface area contributed by atoms with Crippen LogP contribution in [0.2, 0.25) is 0 Å². The zero-order valence-electron chi connectivity index (χ0n) is 35.1. The SMILES string of the molecule is CCCCCCCCCCCCCCCCCCC(=O)OC[C@H](COC(=O)CCCCCCC)OC(=O)CCCCCCCCCCCCCCC. The molecule has 0 saturated heterocycles. The minimum absolute atomic E-state index is 0.0637. The molecule has 0 N–H and O–H groups in total. The molecule has 0 aromatic carbocycles. The zero-order chi connectivity index (χ0) is 38.0. The van der Waals surface area contributed by atoms with Gasteiger partial charge in [0.1, 0.15) is 13.2 Å². The highest BCUT2D eigenvalue weighted by Gasteiger charge is 2.19. The molecule has 6 nitrogen and oxygen atoms in total. The molecule has 0 aromatic heterocycles. The second kappa shape index (κ2) is 42.2. The average molecular weight is 737 g/mol. The van der Waals surface area contributed by atoms with E-state index >= 15 is 0 Å². The van der Waals surface area contributed by atoms with Crippen LogP contribution in [-0.2, 0) is 28.6 Å². The highest BCUT2D eigenvalue weighted by atomic mass is 16.6. The van der Waals surface area contributed by atoms with Crippen molar-refractivity contribution >= 4 is 17.9 Å². The summed E-state index contributed by atoms with van der Waals surface area (Å²) in [5, 5.41) is 0. The minimum atomic E-state index is -0.756. The van der Waals surface area contributed by atoms with E-state index in [-0.39, 0.29) is 31.1 Å². The first-order valence-electron chi connectivity index (χ1n) is 23.0. The minimum Gasteiger partial charge on any atom is -0.462 e. The van der Waals surface area contributed by atoms with Crippen LogP contribution in [0, 0.1) is 0 Å². The third-order valence-electron chi connectivity index (χ3n) is 10.4. The van der Waals surface area contributed by atoms with E-state index in [4.69, 9.17) is 14.2 Å². The molecule has 0 unspecified atom stereocenters. The Morgan fingerprint density at radius 3 is 0.769 bits per heavy atom. The third kappa shape index (κ3) is 39.6. The molecule has 0 rings (SSSR count). The van der Waals surface area contributed by atoms with E-state index in [1.54, 1.807) is 0 Å². The topological polar surface area (TPSA) is 78.9 Å². The number of rotatable bonds is 42. The molecule has 0 radical (unpaired) electrons. The first kappa shape index (κ1) is 50.4. The summed E-state index contributed by atoms with van der Waals surface area (Å²) in [6.45, 7) is 6.58. The van der Waals surface area contributed by atoms with E-state index in [2.05, 4.69) is 20.8 Å². The van der Waals surface area contributed by atoms with Crippen molar-refractivity contribution in [2.24, 2.45) is 0 Å². The van der Waals surface area contributed by atoms with Crippen LogP contribution >= 0.6 is 0 Å². The predicted octanol–water partition coefficient (Wildman–Crippen LogP) is 14.5. The van der Waals surface area contributed by atoms with Gasteiger partial charge >= 0.3 is 17.9 Å². The van der Waals surface area contributed by atoms with Crippen LogP contribution in [-0.4, -0.2) is 37.2 Å². The highest BCUT2D eigenvalue weighted by Crippen LogP contribution is 2.16. The second-order valence-corrected chi connectivity index (χ2v) is 15.7. The van der Waals surface area contributed by atoms with Crippen LogP contribution < -0.4 is 0 Å². The van der Waals surface area contributed by atoms with Crippen molar-refractivity contribution < 1.29 is 28.6 Å². The molecule has 0 aliphatic carbocycles. The molecular weight excluding hydrogens is 648 g/mol. The fourth-order valence-corrected chi connectivity index (χ4v) is 6.85. The van der Waals surface area contributed by atoms with E-state index in [9.17, 15) is 14.4 Å². The molecular formula is C46H88O6. The number of unbranched alkanes of at least 4 members (excludes halogenated alkanes) is 31. The Labute approximate surface area is 323 Å². The smallest absolute Gasteiger partial charge is 0.306 e. The normalized spacial score (nSPS) is 11.8. The number of hydrogen-bond acceptors (Lipinski definition) is 6. The highest BCUT2D eigenvalue weighted by molar-refractivity contribution is 5.71. The summed E-state index contributed by atoms with van der Waals surface area (Å²) in [6, 6.07) is 0. The van der Waals surface area contributed by atoms with E-state index < -0.39 is 6.10 Å². The molecule has 52 heavy (non-hydrogen) atoms. The molecule has 0 heterocycles. The molecule has 6 heteroatoms. The first-order chi connectivity index (χ1) is 25.5. The molecule has 0 aromatic rings. The van der Waals surface area contributed by atoms with Gasteiger partial charge in [-0.15, -0.1) is 0 Å². The largest absolute Gasteiger partial charge is 0.462 e. The maximum absolute atomic E-state index is 12.7. The number of hydrogen-bond donors (Lipinski definition) is 0. The summed E-state index contributed by atoms with van der Waals surface area (Å²) in [4.78, 5) is 37.5. The first-order valence-corrected chi connectivity index (χ1v) is 23.0. The van der Waals surface area contributed by atoms with Crippen LogP contribution in [0.4, 0.5) is 0 Å². The summed E-state index contributed by atoms with van der Waals surface area (Å²) in [5.41, 5.74) is 0. The summed E-state index contributed by atoms with van der Waals surface area (Å²) in [6.07, 6.45) is 42.6. The Hall–Kier alpha value is -1.59. The van der Waals surface area contributed by atoms with Gasteiger partial charge in [0.15, 0.2) is 6.10 Å². The molecule has 0 spiro atoms. The lowest BCUT2D eigenvalue weighted by molar-refractivity contribution is -0.167. The third-order valence-corrected chi connectivity index (χ3v) is 10.4.